The lowest BCUT2D eigenvalue weighted by Gasteiger charge is -2.17. The van der Waals surface area contributed by atoms with Crippen molar-refractivity contribution in [1.82, 2.24) is 15.1 Å². The number of hydrogen-bond acceptors (Lipinski definition) is 3. The largest absolute Gasteiger partial charge is 0.390 e. The average molecular weight is 257 g/mol. The van der Waals surface area contributed by atoms with Gasteiger partial charge in [0.15, 0.2) is 0 Å². The van der Waals surface area contributed by atoms with Crippen molar-refractivity contribution in [3.8, 4) is 0 Å². The molecular weight excluding hydrogens is 242 g/mol. The Labute approximate surface area is 110 Å². The SMILES string of the molecule is Cn1cc(C(=O)N[C@@H]2c3ccccc3C[C@@H]2O)cn1. The zero-order chi connectivity index (χ0) is 13.4. The predicted molar refractivity (Wildman–Crippen MR) is 69.6 cm³/mol. The highest BCUT2D eigenvalue weighted by atomic mass is 16.3. The van der Waals surface area contributed by atoms with Gasteiger partial charge in [-0.1, -0.05) is 24.3 Å². The molecule has 1 heterocycles. The molecule has 2 aromatic rings. The van der Waals surface area contributed by atoms with E-state index in [0.717, 1.165) is 11.1 Å². The molecular formula is C14H15N3O2. The maximum atomic E-state index is 12.1. The Kier molecular flexibility index (Phi) is 2.83. The molecule has 1 aliphatic rings. The van der Waals surface area contributed by atoms with Gasteiger partial charge in [-0.3, -0.25) is 9.48 Å². The summed E-state index contributed by atoms with van der Waals surface area (Å²) < 4.78 is 1.58. The Bertz CT molecular complexity index is 621. The highest BCUT2D eigenvalue weighted by molar-refractivity contribution is 5.94. The summed E-state index contributed by atoms with van der Waals surface area (Å²) >= 11 is 0. The summed E-state index contributed by atoms with van der Waals surface area (Å²) in [6.45, 7) is 0. The molecule has 0 bridgehead atoms. The summed E-state index contributed by atoms with van der Waals surface area (Å²) in [6.07, 6.45) is 3.18. The maximum Gasteiger partial charge on any atom is 0.255 e. The monoisotopic (exact) mass is 257 g/mol. The third kappa shape index (κ3) is 2.13. The molecule has 0 fully saturated rings. The Morgan fingerprint density at radius 3 is 3.00 bits per heavy atom. The van der Waals surface area contributed by atoms with Gasteiger partial charge in [-0.05, 0) is 11.1 Å². The molecule has 5 nitrogen and oxygen atoms in total. The van der Waals surface area contributed by atoms with Crippen molar-refractivity contribution in [1.29, 1.82) is 0 Å². The van der Waals surface area contributed by atoms with Crippen LogP contribution in [-0.4, -0.2) is 26.9 Å². The highest BCUT2D eigenvalue weighted by Gasteiger charge is 2.32. The Balaban J connectivity index is 1.82. The topological polar surface area (TPSA) is 67.2 Å². The van der Waals surface area contributed by atoms with Gasteiger partial charge in [-0.15, -0.1) is 0 Å². The van der Waals surface area contributed by atoms with E-state index in [0.29, 0.717) is 12.0 Å². The van der Waals surface area contributed by atoms with Gasteiger partial charge in [-0.25, -0.2) is 0 Å². The van der Waals surface area contributed by atoms with Crippen LogP contribution in [0.25, 0.3) is 0 Å². The van der Waals surface area contributed by atoms with Crippen LogP contribution < -0.4 is 5.32 Å². The number of aliphatic hydroxyl groups excluding tert-OH is 1. The molecule has 2 atom stereocenters. The zero-order valence-electron chi connectivity index (χ0n) is 10.6. The number of aromatic nitrogens is 2. The van der Waals surface area contributed by atoms with E-state index in [4.69, 9.17) is 0 Å². The number of nitrogens with zero attached hydrogens (tertiary/aromatic N) is 2. The summed E-state index contributed by atoms with van der Waals surface area (Å²) in [5.41, 5.74) is 2.58. The molecule has 0 saturated carbocycles. The van der Waals surface area contributed by atoms with E-state index < -0.39 is 6.10 Å². The molecule has 98 valence electrons. The van der Waals surface area contributed by atoms with Crippen LogP contribution in [0.2, 0.25) is 0 Å². The van der Waals surface area contributed by atoms with Gasteiger partial charge in [0.1, 0.15) is 0 Å². The predicted octanol–water partition coefficient (Wildman–Crippen LogP) is 0.808. The van der Waals surface area contributed by atoms with Crippen LogP contribution in [0.1, 0.15) is 27.5 Å². The van der Waals surface area contributed by atoms with Gasteiger partial charge in [0.05, 0.1) is 23.9 Å². The summed E-state index contributed by atoms with van der Waals surface area (Å²) in [5.74, 6) is -0.214. The standard InChI is InChI=1S/C14H15N3O2/c1-17-8-10(7-15-17)14(19)16-13-11-5-3-2-4-9(11)6-12(13)18/h2-5,7-8,12-13,18H,6H2,1H3,(H,16,19)/t12-,13+/m0/s1. The molecule has 2 N–H and O–H groups in total. The number of fused-ring (bicyclic) bond motifs is 1. The van der Waals surface area contributed by atoms with Crippen LogP contribution in [0.3, 0.4) is 0 Å². The molecule has 0 aliphatic heterocycles. The van der Waals surface area contributed by atoms with E-state index >= 15 is 0 Å². The van der Waals surface area contributed by atoms with Gasteiger partial charge in [0, 0.05) is 19.7 Å². The van der Waals surface area contributed by atoms with Crippen molar-refractivity contribution in [3.05, 3.63) is 53.3 Å². The second-order valence-corrected chi connectivity index (χ2v) is 4.82. The van der Waals surface area contributed by atoms with Crippen molar-refractivity contribution in [2.45, 2.75) is 18.6 Å². The van der Waals surface area contributed by atoms with Crippen molar-refractivity contribution in [2.75, 3.05) is 0 Å². The fourth-order valence-electron chi connectivity index (χ4n) is 2.51. The molecule has 1 aromatic heterocycles. The van der Waals surface area contributed by atoms with Gasteiger partial charge in [0.2, 0.25) is 0 Å². The van der Waals surface area contributed by atoms with Crippen molar-refractivity contribution in [2.24, 2.45) is 7.05 Å². The smallest absolute Gasteiger partial charge is 0.255 e. The second kappa shape index (κ2) is 4.51. The van der Waals surface area contributed by atoms with E-state index in [2.05, 4.69) is 10.4 Å². The van der Waals surface area contributed by atoms with Crippen LogP contribution in [0.5, 0.6) is 0 Å². The first-order valence-electron chi connectivity index (χ1n) is 6.20. The lowest BCUT2D eigenvalue weighted by Crippen LogP contribution is -2.33. The van der Waals surface area contributed by atoms with Gasteiger partial charge < -0.3 is 10.4 Å². The third-order valence-electron chi connectivity index (χ3n) is 3.46. The average Bonchev–Trinajstić information content (AvgIpc) is 2.95. The quantitative estimate of drug-likeness (QED) is 0.836. The van der Waals surface area contributed by atoms with Crippen LogP contribution in [0.4, 0.5) is 0 Å². The number of nitrogens with one attached hydrogen (secondary N) is 1. The molecule has 0 unspecified atom stereocenters. The molecule has 1 aromatic carbocycles. The van der Waals surface area contributed by atoms with E-state index in [1.54, 1.807) is 17.9 Å². The van der Waals surface area contributed by atoms with Crippen molar-refractivity contribution in [3.63, 3.8) is 0 Å². The number of aryl methyl sites for hydroxylation is 1. The Morgan fingerprint density at radius 2 is 2.26 bits per heavy atom. The lowest BCUT2D eigenvalue weighted by molar-refractivity contribution is 0.0858. The molecule has 1 aliphatic carbocycles. The first-order chi connectivity index (χ1) is 9.15. The van der Waals surface area contributed by atoms with Crippen LogP contribution >= 0.6 is 0 Å². The molecule has 1 amide bonds. The number of rotatable bonds is 2. The molecule has 5 heteroatoms. The van der Waals surface area contributed by atoms with Gasteiger partial charge >= 0.3 is 0 Å². The zero-order valence-corrected chi connectivity index (χ0v) is 10.6. The van der Waals surface area contributed by atoms with E-state index in [1.165, 1.54) is 6.20 Å². The molecule has 19 heavy (non-hydrogen) atoms. The van der Waals surface area contributed by atoms with E-state index in [1.807, 2.05) is 24.3 Å². The summed E-state index contributed by atoms with van der Waals surface area (Å²) in [6, 6.07) is 7.44. The minimum absolute atomic E-state index is 0.214. The first kappa shape index (κ1) is 11.9. The number of benzene rings is 1. The number of carbonyl (C=O) groups excluding carboxylic acids is 1. The van der Waals surface area contributed by atoms with Gasteiger partial charge in [0.25, 0.3) is 5.91 Å². The molecule has 0 radical (unpaired) electrons. The number of hydrogen-bond donors (Lipinski definition) is 2. The molecule has 3 rings (SSSR count). The minimum Gasteiger partial charge on any atom is -0.390 e. The summed E-state index contributed by atoms with van der Waals surface area (Å²) in [5, 5.41) is 16.9. The molecule has 0 spiro atoms. The number of aliphatic hydroxyl groups is 1. The van der Waals surface area contributed by atoms with Crippen molar-refractivity contribution >= 4 is 5.91 Å². The van der Waals surface area contributed by atoms with Crippen LogP contribution in [0, 0.1) is 0 Å². The minimum atomic E-state index is -0.571. The lowest BCUT2D eigenvalue weighted by atomic mass is 10.1. The van der Waals surface area contributed by atoms with Crippen LogP contribution in [0.15, 0.2) is 36.7 Å². The third-order valence-corrected chi connectivity index (χ3v) is 3.46. The normalized spacial score (nSPS) is 21.2. The maximum absolute atomic E-state index is 12.1. The van der Waals surface area contributed by atoms with E-state index in [9.17, 15) is 9.90 Å². The summed E-state index contributed by atoms with van der Waals surface area (Å²) in [4.78, 5) is 12.1. The van der Waals surface area contributed by atoms with Gasteiger partial charge in [-0.2, -0.15) is 5.10 Å². The second-order valence-electron chi connectivity index (χ2n) is 4.82. The Hall–Kier alpha value is -2.14. The first-order valence-corrected chi connectivity index (χ1v) is 6.20. The summed E-state index contributed by atoms with van der Waals surface area (Å²) in [7, 11) is 1.76. The van der Waals surface area contributed by atoms with Crippen LogP contribution in [-0.2, 0) is 13.5 Å². The fraction of sp³-hybridized carbons (Fsp3) is 0.286. The Morgan fingerprint density at radius 1 is 1.47 bits per heavy atom. The highest BCUT2D eigenvalue weighted by Crippen LogP contribution is 2.31. The number of carbonyl (C=O) groups is 1. The van der Waals surface area contributed by atoms with E-state index in [-0.39, 0.29) is 11.9 Å². The van der Waals surface area contributed by atoms with Crippen molar-refractivity contribution < 1.29 is 9.90 Å². The molecule has 0 saturated heterocycles. The fourth-order valence-corrected chi connectivity index (χ4v) is 2.51. The number of amides is 1.